The summed E-state index contributed by atoms with van der Waals surface area (Å²) in [6.45, 7) is 8.01. The quantitative estimate of drug-likeness (QED) is 0.821. The Labute approximate surface area is 154 Å². The second kappa shape index (κ2) is 7.65. The zero-order valence-electron chi connectivity index (χ0n) is 15.5. The van der Waals surface area contributed by atoms with Crippen LogP contribution in [0.25, 0.3) is 0 Å². The number of hydrogen-bond acceptors (Lipinski definition) is 3. The molecule has 2 aromatic rings. The van der Waals surface area contributed by atoms with Gasteiger partial charge in [-0.1, -0.05) is 32.0 Å². The zero-order chi connectivity index (χ0) is 18.0. The number of aryl methyl sites for hydroxylation is 2. The molecule has 1 amide bonds. The number of rotatable bonds is 4. The summed E-state index contributed by atoms with van der Waals surface area (Å²) in [6, 6.07) is 10.5. The summed E-state index contributed by atoms with van der Waals surface area (Å²) in [4.78, 5) is 16.2. The first-order chi connectivity index (χ1) is 12.0. The van der Waals surface area contributed by atoms with E-state index in [4.69, 9.17) is 0 Å². The van der Waals surface area contributed by atoms with Crippen LogP contribution < -0.4 is 0 Å². The number of piperidine rings is 1. The molecule has 3 rings (SSSR count). The number of benzene rings is 1. The normalized spacial score (nSPS) is 15.8. The van der Waals surface area contributed by atoms with Crippen molar-refractivity contribution >= 4 is 17.7 Å². The van der Waals surface area contributed by atoms with Gasteiger partial charge in [-0.25, -0.2) is 0 Å². The molecule has 2 heterocycles. The predicted octanol–water partition coefficient (Wildman–Crippen LogP) is 4.25. The number of nitrogens with zero attached hydrogens (tertiary/aromatic N) is 3. The lowest BCUT2D eigenvalue weighted by molar-refractivity contribution is 0.0716. The molecule has 0 saturated carbocycles. The Balaban J connectivity index is 1.60. The third kappa shape index (κ3) is 4.09. The van der Waals surface area contributed by atoms with Crippen LogP contribution in [0.1, 0.15) is 54.4 Å². The molecule has 1 saturated heterocycles. The number of likely N-dealkylation sites (tertiary alicyclic amines) is 1. The molecule has 4 nitrogen and oxygen atoms in total. The molecule has 0 spiro atoms. The first kappa shape index (κ1) is 18.1. The molecular formula is C20H27N3OS. The number of carbonyl (C=O) groups is 1. The fourth-order valence-electron chi connectivity index (χ4n) is 3.18. The van der Waals surface area contributed by atoms with E-state index in [9.17, 15) is 4.79 Å². The maximum absolute atomic E-state index is 12.8. The Morgan fingerprint density at radius 1 is 1.24 bits per heavy atom. The van der Waals surface area contributed by atoms with Gasteiger partial charge in [-0.3, -0.25) is 9.48 Å². The molecule has 0 unspecified atom stereocenters. The van der Waals surface area contributed by atoms with Crippen LogP contribution in [0.5, 0.6) is 0 Å². The van der Waals surface area contributed by atoms with Gasteiger partial charge in [0.05, 0.1) is 5.69 Å². The highest BCUT2D eigenvalue weighted by atomic mass is 32.2. The Kier molecular flexibility index (Phi) is 5.52. The largest absolute Gasteiger partial charge is 0.337 e. The van der Waals surface area contributed by atoms with E-state index >= 15 is 0 Å². The number of thioether (sulfide) groups is 1. The highest BCUT2D eigenvalue weighted by molar-refractivity contribution is 8.00. The Hall–Kier alpha value is -1.75. The fourth-order valence-corrected chi connectivity index (χ4v) is 4.40. The van der Waals surface area contributed by atoms with Crippen molar-refractivity contribution in [3.63, 3.8) is 0 Å². The summed E-state index contributed by atoms with van der Waals surface area (Å²) >= 11 is 1.96. The molecule has 1 aliphatic rings. The van der Waals surface area contributed by atoms with E-state index in [0.717, 1.165) is 31.6 Å². The van der Waals surface area contributed by atoms with Gasteiger partial charge in [-0.05, 0) is 43.4 Å². The molecule has 1 aromatic carbocycles. The molecular weight excluding hydrogens is 330 g/mol. The minimum Gasteiger partial charge on any atom is -0.337 e. The summed E-state index contributed by atoms with van der Waals surface area (Å²) in [7, 11) is 1.86. The monoisotopic (exact) mass is 357 g/mol. The topological polar surface area (TPSA) is 38.1 Å². The summed E-state index contributed by atoms with van der Waals surface area (Å²) in [5.41, 5.74) is 3.02. The molecule has 0 atom stereocenters. The van der Waals surface area contributed by atoms with E-state index < -0.39 is 0 Å². The Bertz CT molecular complexity index is 745. The van der Waals surface area contributed by atoms with Gasteiger partial charge < -0.3 is 4.90 Å². The van der Waals surface area contributed by atoms with E-state index in [-0.39, 0.29) is 5.91 Å². The van der Waals surface area contributed by atoms with Crippen molar-refractivity contribution in [2.24, 2.45) is 7.05 Å². The Morgan fingerprint density at radius 2 is 1.92 bits per heavy atom. The summed E-state index contributed by atoms with van der Waals surface area (Å²) < 4.78 is 1.73. The molecule has 134 valence electrons. The fraction of sp³-hybridized carbons (Fsp3) is 0.500. The van der Waals surface area contributed by atoms with E-state index in [1.54, 1.807) is 4.68 Å². The standard InChI is InChI=1S/C20H27N3OS/c1-14(2)17-13-18(22(4)21-17)20(24)23-11-9-16(10-12-23)25-19-8-6-5-7-15(19)3/h5-8,13-14,16H,9-12H2,1-4H3. The smallest absolute Gasteiger partial charge is 0.272 e. The number of aromatic nitrogens is 2. The van der Waals surface area contributed by atoms with Crippen molar-refractivity contribution in [3.8, 4) is 0 Å². The van der Waals surface area contributed by atoms with Gasteiger partial charge in [-0.15, -0.1) is 11.8 Å². The van der Waals surface area contributed by atoms with Gasteiger partial charge in [0.1, 0.15) is 5.69 Å². The van der Waals surface area contributed by atoms with Crippen molar-refractivity contribution in [2.75, 3.05) is 13.1 Å². The van der Waals surface area contributed by atoms with Crippen molar-refractivity contribution in [1.82, 2.24) is 14.7 Å². The van der Waals surface area contributed by atoms with Gasteiger partial charge in [-0.2, -0.15) is 5.10 Å². The summed E-state index contributed by atoms with van der Waals surface area (Å²) in [5.74, 6) is 0.449. The van der Waals surface area contributed by atoms with Crippen molar-refractivity contribution in [2.45, 2.75) is 49.7 Å². The van der Waals surface area contributed by atoms with Gasteiger partial charge in [0, 0.05) is 30.3 Å². The van der Waals surface area contributed by atoms with E-state index in [2.05, 4.69) is 50.1 Å². The van der Waals surface area contributed by atoms with Gasteiger partial charge in [0.2, 0.25) is 0 Å². The molecule has 5 heteroatoms. The molecule has 25 heavy (non-hydrogen) atoms. The zero-order valence-corrected chi connectivity index (χ0v) is 16.3. The summed E-state index contributed by atoms with van der Waals surface area (Å²) in [6.07, 6.45) is 2.08. The highest BCUT2D eigenvalue weighted by Gasteiger charge is 2.26. The van der Waals surface area contributed by atoms with Crippen LogP contribution in [0.2, 0.25) is 0 Å². The van der Waals surface area contributed by atoms with Crippen LogP contribution in [0.15, 0.2) is 35.2 Å². The third-order valence-electron chi connectivity index (χ3n) is 4.83. The van der Waals surface area contributed by atoms with Crippen molar-refractivity contribution in [1.29, 1.82) is 0 Å². The van der Waals surface area contributed by atoms with Gasteiger partial charge in [0.15, 0.2) is 0 Å². The lowest BCUT2D eigenvalue weighted by Gasteiger charge is -2.31. The van der Waals surface area contributed by atoms with Crippen molar-refractivity contribution in [3.05, 3.63) is 47.3 Å². The predicted molar refractivity (Wildman–Crippen MR) is 103 cm³/mol. The molecule has 1 fully saturated rings. The average molecular weight is 358 g/mol. The van der Waals surface area contributed by atoms with Crippen LogP contribution >= 0.6 is 11.8 Å². The third-order valence-corrected chi connectivity index (χ3v) is 6.34. The second-order valence-electron chi connectivity index (χ2n) is 7.11. The lowest BCUT2D eigenvalue weighted by Crippen LogP contribution is -2.40. The van der Waals surface area contributed by atoms with Gasteiger partial charge in [0.25, 0.3) is 5.91 Å². The van der Waals surface area contributed by atoms with E-state index in [1.807, 2.05) is 29.8 Å². The first-order valence-electron chi connectivity index (χ1n) is 9.01. The average Bonchev–Trinajstić information content (AvgIpc) is 2.99. The van der Waals surface area contributed by atoms with Crippen LogP contribution in [0.3, 0.4) is 0 Å². The number of carbonyl (C=O) groups excluding carboxylic acids is 1. The molecule has 0 bridgehead atoms. The summed E-state index contributed by atoms with van der Waals surface area (Å²) in [5, 5.41) is 5.06. The highest BCUT2D eigenvalue weighted by Crippen LogP contribution is 2.32. The van der Waals surface area contributed by atoms with Crippen LogP contribution in [-0.2, 0) is 7.05 Å². The minimum absolute atomic E-state index is 0.112. The van der Waals surface area contributed by atoms with Crippen molar-refractivity contribution < 1.29 is 4.79 Å². The maximum Gasteiger partial charge on any atom is 0.272 e. The van der Waals surface area contributed by atoms with Crippen LogP contribution in [0.4, 0.5) is 0 Å². The lowest BCUT2D eigenvalue weighted by atomic mass is 10.1. The van der Waals surface area contributed by atoms with Crippen LogP contribution in [-0.4, -0.2) is 38.9 Å². The van der Waals surface area contributed by atoms with E-state index in [1.165, 1.54) is 10.5 Å². The molecule has 1 aromatic heterocycles. The molecule has 0 aliphatic carbocycles. The minimum atomic E-state index is 0.112. The molecule has 0 radical (unpaired) electrons. The van der Waals surface area contributed by atoms with Crippen LogP contribution in [0, 0.1) is 6.92 Å². The van der Waals surface area contributed by atoms with Gasteiger partial charge >= 0.3 is 0 Å². The van der Waals surface area contributed by atoms with E-state index in [0.29, 0.717) is 16.9 Å². The second-order valence-corrected chi connectivity index (χ2v) is 8.45. The Morgan fingerprint density at radius 3 is 2.52 bits per heavy atom. The number of hydrogen-bond donors (Lipinski definition) is 0. The first-order valence-corrected chi connectivity index (χ1v) is 9.89. The SMILES string of the molecule is Cc1ccccc1SC1CCN(C(=O)c2cc(C(C)C)nn2C)CC1. The molecule has 0 N–H and O–H groups in total. The molecule has 1 aliphatic heterocycles. The number of amides is 1. The maximum atomic E-state index is 12.8.